The Bertz CT molecular complexity index is 807. The zero-order valence-electron chi connectivity index (χ0n) is 11.4. The van der Waals surface area contributed by atoms with Crippen LogP contribution in [0.4, 0.5) is 5.95 Å². The first-order valence-corrected chi connectivity index (χ1v) is 6.97. The van der Waals surface area contributed by atoms with Crippen molar-refractivity contribution in [1.82, 2.24) is 24.6 Å². The van der Waals surface area contributed by atoms with Crippen LogP contribution in [0.3, 0.4) is 0 Å². The van der Waals surface area contributed by atoms with Gasteiger partial charge in [0.1, 0.15) is 4.83 Å². The fourth-order valence-electron chi connectivity index (χ4n) is 1.86. The number of hydrazine groups is 1. The van der Waals surface area contributed by atoms with Crippen LogP contribution in [0.5, 0.6) is 0 Å². The molecule has 0 fully saturated rings. The fraction of sp³-hybridized carbons (Fsp3) is 0.167. The van der Waals surface area contributed by atoms with Gasteiger partial charge in [0.05, 0.1) is 5.39 Å². The summed E-state index contributed by atoms with van der Waals surface area (Å²) in [6.45, 7) is 0. The maximum atomic E-state index is 11.9. The normalized spacial score (nSPS) is 10.8. The van der Waals surface area contributed by atoms with Gasteiger partial charge in [-0.25, -0.2) is 15.5 Å². The van der Waals surface area contributed by atoms with Gasteiger partial charge in [-0.05, 0) is 17.5 Å². The van der Waals surface area contributed by atoms with E-state index in [1.54, 1.807) is 31.0 Å². The van der Waals surface area contributed by atoms with E-state index in [0.717, 1.165) is 10.2 Å². The van der Waals surface area contributed by atoms with Crippen LogP contribution in [0.15, 0.2) is 23.7 Å². The molecule has 0 aliphatic rings. The average Bonchev–Trinajstić information content (AvgIpc) is 3.13. The topological polar surface area (TPSA) is 102 Å². The van der Waals surface area contributed by atoms with Crippen LogP contribution in [0.2, 0.25) is 0 Å². The van der Waals surface area contributed by atoms with Crippen molar-refractivity contribution in [2.24, 2.45) is 5.84 Å². The molecule has 0 bridgehead atoms. The molecule has 0 atom stereocenters. The van der Waals surface area contributed by atoms with Crippen molar-refractivity contribution in [1.29, 1.82) is 0 Å². The molecular formula is C12H13N7OS. The van der Waals surface area contributed by atoms with Crippen LogP contribution >= 0.6 is 11.3 Å². The van der Waals surface area contributed by atoms with Gasteiger partial charge in [-0.1, -0.05) is 0 Å². The van der Waals surface area contributed by atoms with Gasteiger partial charge in [-0.2, -0.15) is 10.1 Å². The summed E-state index contributed by atoms with van der Waals surface area (Å²) in [7, 11) is 3.36. The summed E-state index contributed by atoms with van der Waals surface area (Å²) in [6.07, 6.45) is 1.69. The van der Waals surface area contributed by atoms with E-state index in [-0.39, 0.29) is 5.91 Å². The molecule has 8 nitrogen and oxygen atoms in total. The lowest BCUT2D eigenvalue weighted by atomic mass is 10.4. The molecule has 0 aliphatic carbocycles. The maximum Gasteiger partial charge on any atom is 0.273 e. The number of aromatic nitrogens is 4. The Hall–Kier alpha value is -2.52. The van der Waals surface area contributed by atoms with Crippen LogP contribution in [0.25, 0.3) is 16.0 Å². The number of hydrogen-bond acceptors (Lipinski definition) is 7. The number of nitrogens with one attached hydrogen (secondary N) is 1. The molecule has 3 aromatic heterocycles. The van der Waals surface area contributed by atoms with Gasteiger partial charge in [-0.15, -0.1) is 11.3 Å². The lowest BCUT2D eigenvalue weighted by Gasteiger charge is -2.07. The first-order valence-electron chi connectivity index (χ1n) is 6.09. The summed E-state index contributed by atoms with van der Waals surface area (Å²) in [5.41, 5.74) is 2.79. The van der Waals surface area contributed by atoms with Gasteiger partial charge >= 0.3 is 0 Å². The number of fused-ring (bicyclic) bond motifs is 1. The van der Waals surface area contributed by atoms with Crippen LogP contribution in [0, 0.1) is 0 Å². The monoisotopic (exact) mass is 303 g/mol. The molecule has 0 spiro atoms. The van der Waals surface area contributed by atoms with Crippen molar-refractivity contribution in [2.75, 3.05) is 19.5 Å². The SMILES string of the molecule is CN(C)C(=O)c1ccn(-c2nc(NN)nc3sccc23)n1. The van der Waals surface area contributed by atoms with Crippen molar-refractivity contribution in [3.8, 4) is 5.82 Å². The molecule has 0 saturated heterocycles. The number of nitrogens with two attached hydrogens (primary N) is 1. The average molecular weight is 303 g/mol. The van der Waals surface area contributed by atoms with E-state index >= 15 is 0 Å². The lowest BCUT2D eigenvalue weighted by molar-refractivity contribution is 0.0821. The third kappa shape index (κ3) is 2.32. The highest BCUT2D eigenvalue weighted by atomic mass is 32.1. The summed E-state index contributed by atoms with van der Waals surface area (Å²) < 4.78 is 1.55. The number of amides is 1. The molecule has 108 valence electrons. The van der Waals surface area contributed by atoms with E-state index < -0.39 is 0 Å². The van der Waals surface area contributed by atoms with Gasteiger partial charge in [0, 0.05) is 20.3 Å². The first-order chi connectivity index (χ1) is 10.1. The quantitative estimate of drug-likeness (QED) is 0.550. The number of thiophene rings is 1. The Labute approximate surface area is 124 Å². The van der Waals surface area contributed by atoms with E-state index in [2.05, 4.69) is 20.5 Å². The number of anilines is 1. The molecule has 0 aromatic carbocycles. The van der Waals surface area contributed by atoms with Crippen molar-refractivity contribution in [3.05, 3.63) is 29.4 Å². The zero-order chi connectivity index (χ0) is 15.0. The Morgan fingerprint density at radius 1 is 1.38 bits per heavy atom. The summed E-state index contributed by atoms with van der Waals surface area (Å²) in [5, 5.41) is 7.05. The molecule has 0 unspecified atom stereocenters. The van der Waals surface area contributed by atoms with E-state index in [9.17, 15) is 4.79 Å². The summed E-state index contributed by atoms with van der Waals surface area (Å²) in [5.74, 6) is 6.10. The number of nitrogens with zero attached hydrogens (tertiary/aromatic N) is 5. The number of carbonyl (C=O) groups is 1. The first kappa shape index (κ1) is 13.5. The highest BCUT2D eigenvalue weighted by Gasteiger charge is 2.15. The fourth-order valence-corrected chi connectivity index (χ4v) is 2.62. The minimum absolute atomic E-state index is 0.165. The van der Waals surface area contributed by atoms with Gasteiger partial charge in [0.25, 0.3) is 5.91 Å². The Morgan fingerprint density at radius 2 is 2.19 bits per heavy atom. The second-order valence-corrected chi connectivity index (χ2v) is 5.39. The predicted octanol–water partition coefficient (Wildman–Crippen LogP) is 0.864. The Balaban J connectivity index is 2.12. The summed E-state index contributed by atoms with van der Waals surface area (Å²) >= 11 is 1.48. The van der Waals surface area contributed by atoms with Gasteiger partial charge < -0.3 is 4.90 Å². The van der Waals surface area contributed by atoms with Crippen LogP contribution in [-0.4, -0.2) is 44.7 Å². The molecule has 3 heterocycles. The molecular weight excluding hydrogens is 290 g/mol. The maximum absolute atomic E-state index is 11.9. The van der Waals surface area contributed by atoms with Crippen molar-refractivity contribution in [2.45, 2.75) is 0 Å². The molecule has 3 N–H and O–H groups in total. The molecule has 1 amide bonds. The van der Waals surface area contributed by atoms with Crippen molar-refractivity contribution < 1.29 is 4.79 Å². The van der Waals surface area contributed by atoms with Crippen LogP contribution < -0.4 is 11.3 Å². The van der Waals surface area contributed by atoms with E-state index in [4.69, 9.17) is 5.84 Å². The lowest BCUT2D eigenvalue weighted by Crippen LogP contribution is -2.22. The molecule has 0 aliphatic heterocycles. The predicted molar refractivity (Wildman–Crippen MR) is 80.4 cm³/mol. The molecule has 3 aromatic rings. The van der Waals surface area contributed by atoms with Crippen molar-refractivity contribution >= 4 is 33.4 Å². The standard InChI is InChI=1S/C12H13N7OS/c1-18(2)11(20)8-3-5-19(17-8)9-7-4-6-21-10(7)15-12(14-9)16-13/h3-6H,13H2,1-2H3,(H,14,15,16). The number of nitrogen functional groups attached to an aromatic ring is 1. The van der Waals surface area contributed by atoms with Crippen molar-refractivity contribution in [3.63, 3.8) is 0 Å². The van der Waals surface area contributed by atoms with Gasteiger partial charge in [0.2, 0.25) is 5.95 Å². The van der Waals surface area contributed by atoms with Gasteiger partial charge in [0.15, 0.2) is 11.5 Å². The highest BCUT2D eigenvalue weighted by molar-refractivity contribution is 7.16. The number of carbonyl (C=O) groups excluding carboxylic acids is 1. The van der Waals surface area contributed by atoms with E-state index in [1.807, 2.05) is 11.4 Å². The van der Waals surface area contributed by atoms with E-state index in [1.165, 1.54) is 16.2 Å². The minimum Gasteiger partial charge on any atom is -0.343 e. The number of rotatable bonds is 3. The third-order valence-electron chi connectivity index (χ3n) is 2.87. The smallest absolute Gasteiger partial charge is 0.273 e. The third-order valence-corrected chi connectivity index (χ3v) is 3.67. The largest absolute Gasteiger partial charge is 0.343 e. The second-order valence-electron chi connectivity index (χ2n) is 4.50. The molecule has 21 heavy (non-hydrogen) atoms. The minimum atomic E-state index is -0.165. The highest BCUT2D eigenvalue weighted by Crippen LogP contribution is 2.25. The number of hydrogen-bond donors (Lipinski definition) is 2. The van der Waals surface area contributed by atoms with Crippen LogP contribution in [-0.2, 0) is 0 Å². The van der Waals surface area contributed by atoms with E-state index in [0.29, 0.717) is 17.5 Å². The molecule has 0 saturated carbocycles. The molecule has 9 heteroatoms. The summed E-state index contributed by atoms with van der Waals surface area (Å²) in [4.78, 5) is 22.8. The summed E-state index contributed by atoms with van der Waals surface area (Å²) in [6, 6.07) is 3.56. The van der Waals surface area contributed by atoms with Crippen LogP contribution in [0.1, 0.15) is 10.5 Å². The molecule has 0 radical (unpaired) electrons. The van der Waals surface area contributed by atoms with Gasteiger partial charge in [-0.3, -0.25) is 10.2 Å². The zero-order valence-corrected chi connectivity index (χ0v) is 12.3. The Morgan fingerprint density at radius 3 is 2.90 bits per heavy atom. The Kier molecular flexibility index (Phi) is 3.28. The second kappa shape index (κ2) is 5.11. The molecule has 3 rings (SSSR count).